The Balaban J connectivity index is 2.85. The highest BCUT2D eigenvalue weighted by molar-refractivity contribution is 9.11. The summed E-state index contributed by atoms with van der Waals surface area (Å²) in [5.74, 6) is 0. The van der Waals surface area contributed by atoms with E-state index in [1.54, 1.807) is 11.3 Å². The summed E-state index contributed by atoms with van der Waals surface area (Å²) in [5.41, 5.74) is 10.8. The minimum Gasteiger partial charge on any atom is -0.312 e. The fourth-order valence-corrected chi connectivity index (χ4v) is 1.83. The monoisotopic (exact) mass is 206 g/mol. The van der Waals surface area contributed by atoms with Crippen molar-refractivity contribution < 1.29 is 0 Å². The van der Waals surface area contributed by atoms with Crippen LogP contribution in [0.4, 0.5) is 0 Å². The first-order valence-electron chi connectivity index (χ1n) is 2.46. The van der Waals surface area contributed by atoms with Crippen molar-refractivity contribution >= 4 is 27.3 Å². The van der Waals surface area contributed by atoms with Crippen molar-refractivity contribution in [3.63, 3.8) is 0 Å². The van der Waals surface area contributed by atoms with Crippen LogP contribution in [0.1, 0.15) is 11.0 Å². The number of hydrogen-bond donors (Lipinski definition) is 2. The topological polar surface area (TPSA) is 52.0 Å². The summed E-state index contributed by atoms with van der Waals surface area (Å²) in [5, 5.41) is 0. The molecule has 1 heterocycles. The van der Waals surface area contributed by atoms with Gasteiger partial charge in [-0.05, 0) is 28.1 Å². The van der Waals surface area contributed by atoms with Crippen LogP contribution in [0.15, 0.2) is 15.9 Å². The van der Waals surface area contributed by atoms with Crippen molar-refractivity contribution in [1.29, 1.82) is 0 Å². The molecule has 0 radical (unpaired) electrons. The third-order valence-corrected chi connectivity index (χ3v) is 2.65. The first kappa shape index (κ1) is 7.21. The lowest BCUT2D eigenvalue weighted by molar-refractivity contribution is 0.792. The molecule has 0 aliphatic heterocycles. The van der Waals surface area contributed by atoms with Gasteiger partial charge in [-0.25, -0.2) is 0 Å². The van der Waals surface area contributed by atoms with E-state index in [-0.39, 0.29) is 6.17 Å². The smallest absolute Gasteiger partial charge is 0.0879 e. The summed E-state index contributed by atoms with van der Waals surface area (Å²) in [6.45, 7) is 0. The van der Waals surface area contributed by atoms with Crippen molar-refractivity contribution in [2.45, 2.75) is 6.17 Å². The molecule has 0 spiro atoms. The molecule has 0 amide bonds. The van der Waals surface area contributed by atoms with Crippen LogP contribution in [-0.4, -0.2) is 0 Å². The Bertz CT molecular complexity index is 197. The molecule has 0 atom stereocenters. The minimum atomic E-state index is -0.332. The summed E-state index contributed by atoms with van der Waals surface area (Å²) in [6, 6.07) is 3.85. The number of rotatable bonds is 1. The summed E-state index contributed by atoms with van der Waals surface area (Å²) >= 11 is 4.87. The largest absolute Gasteiger partial charge is 0.312 e. The molecule has 0 aromatic carbocycles. The molecule has 1 rings (SSSR count). The van der Waals surface area contributed by atoms with Gasteiger partial charge in [0, 0.05) is 4.88 Å². The van der Waals surface area contributed by atoms with Crippen LogP contribution >= 0.6 is 27.3 Å². The van der Waals surface area contributed by atoms with Gasteiger partial charge in [0.25, 0.3) is 0 Å². The zero-order valence-corrected chi connectivity index (χ0v) is 7.08. The molecule has 4 N–H and O–H groups in total. The Morgan fingerprint density at radius 3 is 2.33 bits per heavy atom. The average Bonchev–Trinajstić information content (AvgIpc) is 2.14. The lowest BCUT2D eigenvalue weighted by Gasteiger charge is -1.97. The van der Waals surface area contributed by atoms with Crippen molar-refractivity contribution in [3.8, 4) is 0 Å². The van der Waals surface area contributed by atoms with E-state index in [1.807, 2.05) is 12.1 Å². The molecule has 0 fully saturated rings. The second-order valence-corrected chi connectivity index (χ2v) is 4.16. The highest BCUT2D eigenvalue weighted by Crippen LogP contribution is 2.23. The summed E-state index contributed by atoms with van der Waals surface area (Å²) < 4.78 is 1.07. The van der Waals surface area contributed by atoms with E-state index in [1.165, 1.54) is 0 Å². The average molecular weight is 207 g/mol. The Kier molecular flexibility index (Phi) is 2.23. The SMILES string of the molecule is NC(N)c1ccc(Br)s1. The summed E-state index contributed by atoms with van der Waals surface area (Å²) in [4.78, 5) is 1.00. The fourth-order valence-electron chi connectivity index (χ4n) is 0.507. The molecule has 0 aliphatic carbocycles. The maximum atomic E-state index is 5.39. The van der Waals surface area contributed by atoms with E-state index in [2.05, 4.69) is 15.9 Å². The van der Waals surface area contributed by atoms with Gasteiger partial charge in [-0.2, -0.15) is 0 Å². The summed E-state index contributed by atoms with van der Waals surface area (Å²) in [7, 11) is 0. The first-order valence-corrected chi connectivity index (χ1v) is 4.07. The third kappa shape index (κ3) is 1.76. The predicted octanol–water partition coefficient (Wildman–Crippen LogP) is 1.43. The lowest BCUT2D eigenvalue weighted by atomic mass is 10.4. The van der Waals surface area contributed by atoms with Gasteiger partial charge in [0.2, 0.25) is 0 Å². The normalized spacial score (nSPS) is 10.7. The van der Waals surface area contributed by atoms with Gasteiger partial charge < -0.3 is 11.5 Å². The first-order chi connectivity index (χ1) is 4.20. The highest BCUT2D eigenvalue weighted by Gasteiger charge is 2.00. The van der Waals surface area contributed by atoms with Crippen molar-refractivity contribution in [1.82, 2.24) is 0 Å². The number of nitrogens with two attached hydrogens (primary N) is 2. The molecule has 0 bridgehead atoms. The second kappa shape index (κ2) is 2.79. The van der Waals surface area contributed by atoms with Gasteiger partial charge >= 0.3 is 0 Å². The van der Waals surface area contributed by atoms with Crippen LogP contribution in [0.25, 0.3) is 0 Å². The van der Waals surface area contributed by atoms with Crippen LogP contribution in [0.5, 0.6) is 0 Å². The van der Waals surface area contributed by atoms with Crippen LogP contribution < -0.4 is 11.5 Å². The molecular weight excluding hydrogens is 200 g/mol. The fraction of sp³-hybridized carbons (Fsp3) is 0.200. The van der Waals surface area contributed by atoms with Gasteiger partial charge in [0.05, 0.1) is 9.95 Å². The maximum Gasteiger partial charge on any atom is 0.0879 e. The van der Waals surface area contributed by atoms with Crippen molar-refractivity contribution in [2.24, 2.45) is 11.5 Å². The van der Waals surface area contributed by atoms with E-state index in [4.69, 9.17) is 11.5 Å². The highest BCUT2D eigenvalue weighted by atomic mass is 79.9. The van der Waals surface area contributed by atoms with Crippen LogP contribution in [0.3, 0.4) is 0 Å². The van der Waals surface area contributed by atoms with Gasteiger partial charge in [0.1, 0.15) is 0 Å². The molecule has 0 saturated carbocycles. The minimum absolute atomic E-state index is 0.332. The van der Waals surface area contributed by atoms with Gasteiger partial charge in [-0.1, -0.05) is 0 Å². The van der Waals surface area contributed by atoms with Crippen LogP contribution in [0, 0.1) is 0 Å². The lowest BCUT2D eigenvalue weighted by Crippen LogP contribution is -2.18. The maximum absolute atomic E-state index is 5.39. The second-order valence-electron chi connectivity index (χ2n) is 1.67. The number of hydrogen-bond acceptors (Lipinski definition) is 3. The Hall–Kier alpha value is 0.1000. The molecule has 0 unspecified atom stereocenters. The molecule has 1 aromatic heterocycles. The van der Waals surface area contributed by atoms with Gasteiger partial charge in [-0.3, -0.25) is 0 Å². The molecule has 9 heavy (non-hydrogen) atoms. The Morgan fingerprint density at radius 2 is 2.11 bits per heavy atom. The number of halogens is 1. The molecule has 0 saturated heterocycles. The molecule has 2 nitrogen and oxygen atoms in total. The van der Waals surface area contributed by atoms with Crippen molar-refractivity contribution in [2.75, 3.05) is 0 Å². The third-order valence-electron chi connectivity index (χ3n) is 0.923. The van der Waals surface area contributed by atoms with E-state index < -0.39 is 0 Å². The zero-order valence-electron chi connectivity index (χ0n) is 4.67. The molecular formula is C5H7BrN2S. The molecule has 50 valence electrons. The Labute approximate surface area is 66.0 Å². The Morgan fingerprint density at radius 1 is 1.44 bits per heavy atom. The van der Waals surface area contributed by atoms with Crippen molar-refractivity contribution in [3.05, 3.63) is 20.8 Å². The molecule has 1 aromatic rings. The zero-order chi connectivity index (χ0) is 6.85. The van der Waals surface area contributed by atoms with Crippen LogP contribution in [-0.2, 0) is 0 Å². The predicted molar refractivity (Wildman–Crippen MR) is 43.1 cm³/mol. The molecule has 4 heteroatoms. The quantitative estimate of drug-likeness (QED) is 0.684. The standard InChI is InChI=1S/C5H7BrN2S/c6-4-2-1-3(9-4)5(7)8/h1-2,5H,7-8H2. The van der Waals surface area contributed by atoms with Crippen LogP contribution in [0.2, 0.25) is 0 Å². The van der Waals surface area contributed by atoms with E-state index in [0.717, 1.165) is 8.66 Å². The van der Waals surface area contributed by atoms with E-state index in [0.29, 0.717) is 0 Å². The molecule has 0 aliphatic rings. The number of thiophene rings is 1. The van der Waals surface area contributed by atoms with Gasteiger partial charge in [-0.15, -0.1) is 11.3 Å². The van der Waals surface area contributed by atoms with E-state index in [9.17, 15) is 0 Å². The summed E-state index contributed by atoms with van der Waals surface area (Å²) in [6.07, 6.45) is -0.332. The van der Waals surface area contributed by atoms with Gasteiger partial charge in [0.15, 0.2) is 0 Å². The van der Waals surface area contributed by atoms with E-state index >= 15 is 0 Å².